The minimum absolute atomic E-state index is 0.00751. The smallest absolute Gasteiger partial charge is 0.226 e. The quantitative estimate of drug-likeness (QED) is 0.689. The highest BCUT2D eigenvalue weighted by molar-refractivity contribution is 7.80. The van der Waals surface area contributed by atoms with E-state index in [0.717, 1.165) is 19.4 Å². The molecule has 0 spiro atoms. The van der Waals surface area contributed by atoms with Crippen LogP contribution < -0.4 is 10.6 Å². The van der Waals surface area contributed by atoms with Crippen molar-refractivity contribution in [1.82, 2.24) is 10.6 Å². The molecule has 0 bridgehead atoms. The third-order valence-electron chi connectivity index (χ3n) is 1.68. The van der Waals surface area contributed by atoms with E-state index in [2.05, 4.69) is 31.4 Å². The Morgan fingerprint density at radius 3 is 2.57 bits per heavy atom. The summed E-state index contributed by atoms with van der Waals surface area (Å²) in [5.41, 5.74) is 0. The van der Waals surface area contributed by atoms with Crippen molar-refractivity contribution in [3.63, 3.8) is 0 Å². The van der Waals surface area contributed by atoms with Crippen molar-refractivity contribution >= 4 is 23.2 Å². The molecule has 0 aromatic carbocycles. The van der Waals surface area contributed by atoms with Gasteiger partial charge in [0.2, 0.25) is 5.91 Å². The second-order valence-corrected chi connectivity index (χ2v) is 4.16. The monoisotopic (exact) mass is 216 g/mol. The maximum absolute atomic E-state index is 11.2. The van der Waals surface area contributed by atoms with Crippen LogP contribution in [0.4, 0.5) is 0 Å². The van der Waals surface area contributed by atoms with Crippen LogP contribution in [-0.4, -0.2) is 17.6 Å². The predicted molar refractivity (Wildman–Crippen MR) is 63.1 cm³/mol. The Kier molecular flexibility index (Phi) is 7.38. The summed E-state index contributed by atoms with van der Waals surface area (Å²) in [7, 11) is 0. The molecule has 1 amide bonds. The third-order valence-corrected chi connectivity index (χ3v) is 1.93. The van der Waals surface area contributed by atoms with E-state index in [1.807, 2.05) is 0 Å². The van der Waals surface area contributed by atoms with Crippen LogP contribution in [0.1, 0.15) is 40.0 Å². The molecule has 0 aliphatic rings. The van der Waals surface area contributed by atoms with Gasteiger partial charge in [0.15, 0.2) is 5.11 Å². The van der Waals surface area contributed by atoms with Crippen molar-refractivity contribution in [2.45, 2.75) is 40.0 Å². The molecule has 0 aromatic rings. The second kappa shape index (κ2) is 7.74. The molecule has 0 aliphatic heterocycles. The average molecular weight is 216 g/mol. The van der Waals surface area contributed by atoms with Gasteiger partial charge in [-0.25, -0.2) is 0 Å². The number of nitrogens with one attached hydrogen (secondary N) is 2. The standard InChI is InChI=1S/C10H20N2OS/c1-4-5-6-9(13)12-10(14)11-7-8(2)3/h8H,4-7H2,1-3H3,(H2,11,12,13,14). The zero-order valence-corrected chi connectivity index (χ0v) is 10.0. The molecule has 2 N–H and O–H groups in total. The zero-order valence-electron chi connectivity index (χ0n) is 9.22. The third kappa shape index (κ3) is 7.98. The number of hydrogen-bond donors (Lipinski definition) is 2. The van der Waals surface area contributed by atoms with E-state index in [1.54, 1.807) is 0 Å². The minimum Gasteiger partial charge on any atom is -0.362 e. The molecule has 0 fully saturated rings. The lowest BCUT2D eigenvalue weighted by Gasteiger charge is -2.10. The van der Waals surface area contributed by atoms with E-state index in [4.69, 9.17) is 12.2 Å². The number of amides is 1. The van der Waals surface area contributed by atoms with E-state index >= 15 is 0 Å². The Morgan fingerprint density at radius 1 is 1.43 bits per heavy atom. The first-order valence-corrected chi connectivity index (χ1v) is 5.54. The van der Waals surface area contributed by atoms with Crippen LogP contribution in [0.25, 0.3) is 0 Å². The van der Waals surface area contributed by atoms with Gasteiger partial charge in [0, 0.05) is 13.0 Å². The van der Waals surface area contributed by atoms with Gasteiger partial charge in [0.05, 0.1) is 0 Å². The van der Waals surface area contributed by atoms with Gasteiger partial charge in [-0.3, -0.25) is 4.79 Å². The van der Waals surface area contributed by atoms with Crippen LogP contribution in [-0.2, 0) is 4.79 Å². The normalized spacial score (nSPS) is 10.0. The molecule has 14 heavy (non-hydrogen) atoms. The molecule has 3 nitrogen and oxygen atoms in total. The molecule has 0 saturated carbocycles. The van der Waals surface area contributed by atoms with Crippen molar-refractivity contribution in [3.05, 3.63) is 0 Å². The summed E-state index contributed by atoms with van der Waals surface area (Å²) in [6, 6.07) is 0. The summed E-state index contributed by atoms with van der Waals surface area (Å²) < 4.78 is 0. The van der Waals surface area contributed by atoms with Crippen LogP contribution in [0.15, 0.2) is 0 Å². The molecular weight excluding hydrogens is 196 g/mol. The number of carbonyl (C=O) groups excluding carboxylic acids is 1. The van der Waals surface area contributed by atoms with E-state index in [0.29, 0.717) is 17.5 Å². The van der Waals surface area contributed by atoms with E-state index < -0.39 is 0 Å². The van der Waals surface area contributed by atoms with E-state index in [1.165, 1.54) is 0 Å². The lowest BCUT2D eigenvalue weighted by Crippen LogP contribution is -2.40. The van der Waals surface area contributed by atoms with Gasteiger partial charge in [-0.05, 0) is 24.6 Å². The summed E-state index contributed by atoms with van der Waals surface area (Å²) in [5.74, 6) is 0.536. The first kappa shape index (κ1) is 13.4. The first-order chi connectivity index (χ1) is 6.56. The first-order valence-electron chi connectivity index (χ1n) is 5.14. The summed E-state index contributed by atoms with van der Waals surface area (Å²) in [4.78, 5) is 11.2. The Bertz CT molecular complexity index is 193. The molecule has 0 radical (unpaired) electrons. The molecule has 4 heteroatoms. The van der Waals surface area contributed by atoms with Crippen molar-refractivity contribution in [3.8, 4) is 0 Å². The fourth-order valence-corrected chi connectivity index (χ4v) is 1.06. The summed E-state index contributed by atoms with van der Waals surface area (Å²) in [5, 5.41) is 6.08. The van der Waals surface area contributed by atoms with Crippen molar-refractivity contribution in [2.24, 2.45) is 5.92 Å². The SMILES string of the molecule is CCCCC(=O)NC(=S)NCC(C)C. The van der Waals surface area contributed by atoms with E-state index in [9.17, 15) is 4.79 Å². The van der Waals surface area contributed by atoms with Gasteiger partial charge in [-0.15, -0.1) is 0 Å². The Hall–Kier alpha value is -0.640. The highest BCUT2D eigenvalue weighted by Gasteiger charge is 2.03. The molecule has 0 aromatic heterocycles. The van der Waals surface area contributed by atoms with Crippen molar-refractivity contribution in [1.29, 1.82) is 0 Å². The van der Waals surface area contributed by atoms with Gasteiger partial charge in [-0.2, -0.15) is 0 Å². The van der Waals surface area contributed by atoms with Crippen LogP contribution >= 0.6 is 12.2 Å². The maximum atomic E-state index is 11.2. The van der Waals surface area contributed by atoms with Crippen LogP contribution in [0, 0.1) is 5.92 Å². The topological polar surface area (TPSA) is 41.1 Å². The Balaban J connectivity index is 3.55. The van der Waals surface area contributed by atoms with Crippen LogP contribution in [0.3, 0.4) is 0 Å². The molecule has 0 saturated heterocycles. The minimum atomic E-state index is 0.00751. The largest absolute Gasteiger partial charge is 0.362 e. The molecule has 0 rings (SSSR count). The van der Waals surface area contributed by atoms with Crippen molar-refractivity contribution < 1.29 is 4.79 Å². The van der Waals surface area contributed by atoms with Gasteiger partial charge in [-0.1, -0.05) is 27.2 Å². The lowest BCUT2D eigenvalue weighted by atomic mass is 10.2. The average Bonchev–Trinajstić information content (AvgIpc) is 2.11. The highest BCUT2D eigenvalue weighted by atomic mass is 32.1. The van der Waals surface area contributed by atoms with Crippen LogP contribution in [0.2, 0.25) is 0 Å². The fourth-order valence-electron chi connectivity index (χ4n) is 0.867. The Morgan fingerprint density at radius 2 is 2.07 bits per heavy atom. The molecule has 0 aliphatic carbocycles. The van der Waals surface area contributed by atoms with Gasteiger partial charge >= 0.3 is 0 Å². The predicted octanol–water partition coefficient (Wildman–Crippen LogP) is 1.82. The highest BCUT2D eigenvalue weighted by Crippen LogP contribution is 1.93. The summed E-state index contributed by atoms with van der Waals surface area (Å²) >= 11 is 4.96. The molecule has 0 atom stereocenters. The maximum Gasteiger partial charge on any atom is 0.226 e. The van der Waals surface area contributed by atoms with Gasteiger partial charge in [0.25, 0.3) is 0 Å². The van der Waals surface area contributed by atoms with Crippen LogP contribution in [0.5, 0.6) is 0 Å². The lowest BCUT2D eigenvalue weighted by molar-refractivity contribution is -0.119. The number of hydrogen-bond acceptors (Lipinski definition) is 2. The van der Waals surface area contributed by atoms with E-state index in [-0.39, 0.29) is 5.91 Å². The molecular formula is C10H20N2OS. The number of unbranched alkanes of at least 4 members (excludes halogenated alkanes) is 1. The summed E-state index contributed by atoms with van der Waals surface area (Å²) in [6.07, 6.45) is 2.50. The summed E-state index contributed by atoms with van der Waals surface area (Å²) in [6.45, 7) is 7.04. The Labute approximate surface area is 91.6 Å². The second-order valence-electron chi connectivity index (χ2n) is 3.76. The molecule has 82 valence electrons. The molecule has 0 unspecified atom stereocenters. The number of rotatable bonds is 5. The van der Waals surface area contributed by atoms with Gasteiger partial charge < -0.3 is 10.6 Å². The zero-order chi connectivity index (χ0) is 11.0. The fraction of sp³-hybridized carbons (Fsp3) is 0.800. The number of carbonyl (C=O) groups is 1. The van der Waals surface area contributed by atoms with Crippen molar-refractivity contribution in [2.75, 3.05) is 6.54 Å². The molecule has 0 heterocycles. The van der Waals surface area contributed by atoms with Gasteiger partial charge in [0.1, 0.15) is 0 Å². The number of thiocarbonyl (C=S) groups is 1.